The van der Waals surface area contributed by atoms with Gasteiger partial charge in [-0.15, -0.1) is 0 Å². The molecule has 7 nitrogen and oxygen atoms in total. The third-order valence-electron chi connectivity index (χ3n) is 2.41. The molecule has 3 amide bonds. The molecule has 0 saturated heterocycles. The van der Waals surface area contributed by atoms with Crippen LogP contribution in [0.15, 0.2) is 0 Å². The maximum atomic E-state index is 11.6. The molecule has 19 heavy (non-hydrogen) atoms. The maximum absolute atomic E-state index is 11.6. The molecule has 0 spiro atoms. The van der Waals surface area contributed by atoms with Crippen LogP contribution >= 0.6 is 0 Å². The highest BCUT2D eigenvalue weighted by Crippen LogP contribution is 2.03. The Balaban J connectivity index is 4.12. The van der Waals surface area contributed by atoms with E-state index in [-0.39, 0.29) is 6.54 Å². The Bertz CT molecular complexity index is 305. The van der Waals surface area contributed by atoms with Crippen LogP contribution in [-0.4, -0.2) is 67.3 Å². The topological polar surface area (TPSA) is 93.7 Å². The fraction of sp³-hybridized carbons (Fsp3) is 0.833. The molecule has 2 atom stereocenters. The molecule has 0 fully saturated rings. The van der Waals surface area contributed by atoms with E-state index in [0.29, 0.717) is 13.1 Å². The smallest absolute Gasteiger partial charge is 0.321 e. The SMILES string of the molecule is CCNC(=O)NC(=O)C(C)NCC(C)(O)CN(C)C. The molecule has 7 heteroatoms. The lowest BCUT2D eigenvalue weighted by atomic mass is 10.1. The maximum Gasteiger partial charge on any atom is 0.321 e. The Morgan fingerprint density at radius 3 is 2.42 bits per heavy atom. The highest BCUT2D eigenvalue weighted by atomic mass is 16.3. The van der Waals surface area contributed by atoms with E-state index in [1.165, 1.54) is 0 Å². The van der Waals surface area contributed by atoms with Gasteiger partial charge in [-0.1, -0.05) is 0 Å². The number of imide groups is 1. The van der Waals surface area contributed by atoms with E-state index in [9.17, 15) is 14.7 Å². The van der Waals surface area contributed by atoms with Gasteiger partial charge in [-0.3, -0.25) is 10.1 Å². The van der Waals surface area contributed by atoms with Gasteiger partial charge in [0.25, 0.3) is 0 Å². The van der Waals surface area contributed by atoms with Gasteiger partial charge in [0.15, 0.2) is 0 Å². The van der Waals surface area contributed by atoms with Crippen LogP contribution in [0.3, 0.4) is 0 Å². The van der Waals surface area contributed by atoms with E-state index in [1.807, 2.05) is 19.0 Å². The van der Waals surface area contributed by atoms with Gasteiger partial charge in [0.1, 0.15) is 0 Å². The molecule has 2 unspecified atom stereocenters. The van der Waals surface area contributed by atoms with Crippen LogP contribution in [0.2, 0.25) is 0 Å². The van der Waals surface area contributed by atoms with Gasteiger partial charge in [-0.2, -0.15) is 0 Å². The molecule has 0 heterocycles. The third kappa shape index (κ3) is 8.52. The molecule has 0 saturated carbocycles. The van der Waals surface area contributed by atoms with Crippen LogP contribution in [0, 0.1) is 0 Å². The molecule has 0 aromatic rings. The number of nitrogens with zero attached hydrogens (tertiary/aromatic N) is 1. The molecule has 0 bridgehead atoms. The van der Waals surface area contributed by atoms with Crippen LogP contribution < -0.4 is 16.0 Å². The zero-order valence-electron chi connectivity index (χ0n) is 12.4. The van der Waals surface area contributed by atoms with Crippen LogP contribution in [-0.2, 0) is 4.79 Å². The number of nitrogens with one attached hydrogen (secondary N) is 3. The Hall–Kier alpha value is -1.18. The first kappa shape index (κ1) is 17.8. The van der Waals surface area contributed by atoms with Gasteiger partial charge >= 0.3 is 6.03 Å². The van der Waals surface area contributed by atoms with Crippen molar-refractivity contribution in [1.82, 2.24) is 20.9 Å². The predicted molar refractivity (Wildman–Crippen MR) is 73.9 cm³/mol. The number of likely N-dealkylation sites (N-methyl/N-ethyl adjacent to an activating group) is 1. The van der Waals surface area contributed by atoms with Gasteiger partial charge in [0, 0.05) is 19.6 Å². The van der Waals surface area contributed by atoms with Gasteiger partial charge in [-0.05, 0) is 34.9 Å². The monoisotopic (exact) mass is 274 g/mol. The molecular formula is C12H26N4O3. The summed E-state index contributed by atoms with van der Waals surface area (Å²) in [5, 5.41) is 17.7. The second-order valence-corrected chi connectivity index (χ2v) is 5.19. The van der Waals surface area contributed by atoms with Crippen molar-refractivity contribution in [2.75, 3.05) is 33.7 Å². The van der Waals surface area contributed by atoms with E-state index >= 15 is 0 Å². The lowest BCUT2D eigenvalue weighted by molar-refractivity contribution is -0.121. The van der Waals surface area contributed by atoms with Crippen molar-refractivity contribution in [3.8, 4) is 0 Å². The zero-order chi connectivity index (χ0) is 15.1. The van der Waals surface area contributed by atoms with E-state index in [4.69, 9.17) is 0 Å². The number of rotatable bonds is 7. The van der Waals surface area contributed by atoms with Crippen LogP contribution in [0.4, 0.5) is 4.79 Å². The predicted octanol–water partition coefficient (Wildman–Crippen LogP) is -0.877. The molecule has 0 rings (SSSR count). The fourth-order valence-corrected chi connectivity index (χ4v) is 1.63. The molecule has 112 valence electrons. The van der Waals surface area contributed by atoms with Crippen molar-refractivity contribution >= 4 is 11.9 Å². The molecule has 0 aromatic carbocycles. The Morgan fingerprint density at radius 1 is 1.37 bits per heavy atom. The number of hydrogen-bond donors (Lipinski definition) is 4. The molecule has 0 radical (unpaired) electrons. The summed E-state index contributed by atoms with van der Waals surface area (Å²) in [7, 11) is 3.72. The molecule has 0 aromatic heterocycles. The quantitative estimate of drug-likeness (QED) is 0.484. The van der Waals surface area contributed by atoms with Gasteiger partial charge in [-0.25, -0.2) is 4.79 Å². The lowest BCUT2D eigenvalue weighted by Gasteiger charge is -2.28. The first-order valence-corrected chi connectivity index (χ1v) is 6.37. The summed E-state index contributed by atoms with van der Waals surface area (Å²) in [4.78, 5) is 24.7. The highest BCUT2D eigenvalue weighted by molar-refractivity contribution is 5.96. The Labute approximate surface area is 114 Å². The minimum Gasteiger partial charge on any atom is -0.388 e. The number of aliphatic hydroxyl groups is 1. The van der Waals surface area contributed by atoms with E-state index in [1.54, 1.807) is 20.8 Å². The average Bonchev–Trinajstić information content (AvgIpc) is 2.24. The summed E-state index contributed by atoms with van der Waals surface area (Å²) < 4.78 is 0. The molecule has 0 aliphatic carbocycles. The summed E-state index contributed by atoms with van der Waals surface area (Å²) in [5.74, 6) is -0.424. The van der Waals surface area contributed by atoms with Crippen molar-refractivity contribution < 1.29 is 14.7 Å². The third-order valence-corrected chi connectivity index (χ3v) is 2.41. The molecule has 4 N–H and O–H groups in total. The summed E-state index contributed by atoms with van der Waals surface area (Å²) in [6.07, 6.45) is 0. The van der Waals surface area contributed by atoms with Crippen molar-refractivity contribution in [2.24, 2.45) is 0 Å². The summed E-state index contributed by atoms with van der Waals surface area (Å²) in [5.41, 5.74) is -0.941. The van der Waals surface area contributed by atoms with Gasteiger partial charge in [0.05, 0.1) is 11.6 Å². The summed E-state index contributed by atoms with van der Waals surface area (Å²) in [6.45, 7) is 6.29. The minimum atomic E-state index is -0.941. The van der Waals surface area contributed by atoms with Crippen molar-refractivity contribution in [1.29, 1.82) is 0 Å². The number of carbonyl (C=O) groups excluding carboxylic acids is 2. The molecular weight excluding hydrogens is 248 g/mol. The van der Waals surface area contributed by atoms with Gasteiger partial charge < -0.3 is 20.6 Å². The lowest BCUT2D eigenvalue weighted by Crippen LogP contribution is -2.53. The minimum absolute atomic E-state index is 0.259. The van der Waals surface area contributed by atoms with Gasteiger partial charge in [0.2, 0.25) is 5.91 Å². The summed E-state index contributed by atoms with van der Waals surface area (Å²) >= 11 is 0. The first-order chi connectivity index (χ1) is 8.68. The average molecular weight is 274 g/mol. The summed E-state index contributed by atoms with van der Waals surface area (Å²) in [6, 6.07) is -1.07. The van der Waals surface area contributed by atoms with E-state index < -0.39 is 23.6 Å². The van der Waals surface area contributed by atoms with Crippen LogP contribution in [0.1, 0.15) is 20.8 Å². The molecule has 0 aliphatic rings. The highest BCUT2D eigenvalue weighted by Gasteiger charge is 2.24. The first-order valence-electron chi connectivity index (χ1n) is 6.37. The van der Waals surface area contributed by atoms with Crippen LogP contribution in [0.25, 0.3) is 0 Å². The normalized spacial score (nSPS) is 15.7. The Morgan fingerprint density at radius 2 is 1.95 bits per heavy atom. The zero-order valence-corrected chi connectivity index (χ0v) is 12.4. The second-order valence-electron chi connectivity index (χ2n) is 5.19. The standard InChI is InChI=1S/C12H26N4O3/c1-6-13-11(18)15-10(17)9(2)14-7-12(3,19)8-16(4)5/h9,14,19H,6-8H2,1-5H3,(H2,13,15,17,18). The van der Waals surface area contributed by atoms with E-state index in [0.717, 1.165) is 0 Å². The van der Waals surface area contributed by atoms with Crippen molar-refractivity contribution in [3.05, 3.63) is 0 Å². The van der Waals surface area contributed by atoms with Crippen LogP contribution in [0.5, 0.6) is 0 Å². The van der Waals surface area contributed by atoms with Crippen molar-refractivity contribution in [2.45, 2.75) is 32.4 Å². The fourth-order valence-electron chi connectivity index (χ4n) is 1.63. The van der Waals surface area contributed by atoms with E-state index in [2.05, 4.69) is 16.0 Å². The molecule has 0 aliphatic heterocycles. The second kappa shape index (κ2) is 8.08. The van der Waals surface area contributed by atoms with Crippen molar-refractivity contribution in [3.63, 3.8) is 0 Å². The number of hydrogen-bond acceptors (Lipinski definition) is 5. The number of amides is 3. The Kier molecular flexibility index (Phi) is 7.58. The number of carbonyl (C=O) groups is 2. The largest absolute Gasteiger partial charge is 0.388 e. The number of urea groups is 1.